The molecule has 0 aliphatic heterocycles. The summed E-state index contributed by atoms with van der Waals surface area (Å²) in [5.74, 6) is 0.121. The Morgan fingerprint density at radius 2 is 1.61 bits per heavy atom. The molecule has 0 saturated heterocycles. The number of ether oxygens (including phenoxy) is 1. The van der Waals surface area contributed by atoms with Gasteiger partial charge in [0.15, 0.2) is 9.90 Å². The van der Waals surface area contributed by atoms with Gasteiger partial charge in [-0.3, -0.25) is 5.32 Å². The summed E-state index contributed by atoms with van der Waals surface area (Å²) in [4.78, 5) is 18.8. The normalized spacial score (nSPS) is 14.1. The van der Waals surface area contributed by atoms with Crippen LogP contribution in [-0.2, 0) is 31.3 Å². The SMILES string of the molecule is CC(C)(C)OC(=O)Nc1cccc(C(N)(Cc2ccc(C(C)(C)C)cc2)S(=O)(=O)c2ccccn2)n1. The molecule has 0 fully saturated rings. The Morgan fingerprint density at radius 3 is 2.17 bits per heavy atom. The molecule has 0 bridgehead atoms. The van der Waals surface area contributed by atoms with Gasteiger partial charge in [-0.05, 0) is 61.6 Å². The number of pyridine rings is 2. The molecule has 0 aliphatic carbocycles. The molecule has 0 aliphatic rings. The number of aromatic nitrogens is 2. The van der Waals surface area contributed by atoms with E-state index in [1.807, 2.05) is 24.3 Å². The van der Waals surface area contributed by atoms with Crippen LogP contribution in [0.1, 0.15) is 58.4 Å². The minimum atomic E-state index is -4.20. The monoisotopic (exact) mass is 510 g/mol. The second-order valence-corrected chi connectivity index (χ2v) is 12.9. The Morgan fingerprint density at radius 1 is 0.944 bits per heavy atom. The van der Waals surface area contributed by atoms with E-state index < -0.39 is 26.4 Å². The van der Waals surface area contributed by atoms with Crippen LogP contribution in [0.25, 0.3) is 0 Å². The number of anilines is 1. The second kappa shape index (κ2) is 9.99. The van der Waals surface area contributed by atoms with Crippen LogP contribution in [0.5, 0.6) is 0 Å². The van der Waals surface area contributed by atoms with Crippen LogP contribution in [0.4, 0.5) is 10.6 Å². The van der Waals surface area contributed by atoms with E-state index in [9.17, 15) is 13.2 Å². The summed E-state index contributed by atoms with van der Waals surface area (Å²) in [5.41, 5.74) is 7.90. The van der Waals surface area contributed by atoms with E-state index in [4.69, 9.17) is 10.5 Å². The van der Waals surface area contributed by atoms with E-state index in [0.717, 1.165) is 11.1 Å². The van der Waals surface area contributed by atoms with Crippen LogP contribution in [0, 0.1) is 0 Å². The highest BCUT2D eigenvalue weighted by Crippen LogP contribution is 2.34. The lowest BCUT2D eigenvalue weighted by atomic mass is 9.86. The van der Waals surface area contributed by atoms with E-state index in [2.05, 4.69) is 36.1 Å². The van der Waals surface area contributed by atoms with E-state index in [1.54, 1.807) is 45.0 Å². The highest BCUT2D eigenvalue weighted by Gasteiger charge is 2.45. The number of nitrogens with zero attached hydrogens (tertiary/aromatic N) is 2. The van der Waals surface area contributed by atoms with Crippen molar-refractivity contribution >= 4 is 21.7 Å². The summed E-state index contributed by atoms with van der Waals surface area (Å²) < 4.78 is 33.0. The van der Waals surface area contributed by atoms with Crippen molar-refractivity contribution in [3.8, 4) is 0 Å². The molecule has 36 heavy (non-hydrogen) atoms. The standard InChI is InChI=1S/C27H34N4O4S/c1-25(2,3)20-15-13-19(14-16-20)18-27(28,36(33,34)23-12-7-8-17-29-23)21-10-9-11-22(30-21)31-24(32)35-26(4,5)6/h7-17H,18,28H2,1-6H3,(H,30,31,32). The van der Waals surface area contributed by atoms with Crippen LogP contribution >= 0.6 is 0 Å². The fourth-order valence-corrected chi connectivity index (χ4v) is 5.17. The number of carbonyl (C=O) groups excluding carboxylic acids is 1. The van der Waals surface area contributed by atoms with Crippen molar-refractivity contribution in [1.29, 1.82) is 0 Å². The fraction of sp³-hybridized carbons (Fsp3) is 0.370. The van der Waals surface area contributed by atoms with Crippen molar-refractivity contribution in [2.75, 3.05) is 5.32 Å². The molecule has 2 heterocycles. The lowest BCUT2D eigenvalue weighted by Crippen LogP contribution is -2.48. The highest BCUT2D eigenvalue weighted by molar-refractivity contribution is 7.92. The zero-order chi connectivity index (χ0) is 26.8. The third-order valence-electron chi connectivity index (χ3n) is 5.49. The average molecular weight is 511 g/mol. The van der Waals surface area contributed by atoms with E-state index >= 15 is 0 Å². The highest BCUT2D eigenvalue weighted by atomic mass is 32.2. The van der Waals surface area contributed by atoms with Crippen molar-refractivity contribution in [1.82, 2.24) is 9.97 Å². The average Bonchev–Trinajstić information content (AvgIpc) is 2.78. The number of amides is 1. The number of hydrogen-bond donors (Lipinski definition) is 2. The molecule has 1 aromatic carbocycles. The smallest absolute Gasteiger partial charge is 0.413 e. The zero-order valence-electron chi connectivity index (χ0n) is 21.6. The zero-order valence-corrected chi connectivity index (χ0v) is 22.4. The van der Waals surface area contributed by atoms with Gasteiger partial charge < -0.3 is 10.5 Å². The number of hydrogen-bond acceptors (Lipinski definition) is 7. The molecule has 1 atom stereocenters. The van der Waals surface area contributed by atoms with Gasteiger partial charge in [0, 0.05) is 12.6 Å². The van der Waals surface area contributed by atoms with Gasteiger partial charge in [-0.1, -0.05) is 57.2 Å². The molecule has 1 amide bonds. The van der Waals surface area contributed by atoms with Gasteiger partial charge in [-0.25, -0.2) is 23.2 Å². The molecular formula is C27H34N4O4S. The molecule has 1 unspecified atom stereocenters. The summed E-state index contributed by atoms with van der Waals surface area (Å²) in [6, 6.07) is 17.0. The Hall–Kier alpha value is -3.30. The van der Waals surface area contributed by atoms with Crippen molar-refractivity contribution in [2.45, 2.75) is 68.9 Å². The third-order valence-corrected chi connectivity index (χ3v) is 7.60. The predicted molar refractivity (Wildman–Crippen MR) is 140 cm³/mol. The van der Waals surface area contributed by atoms with Gasteiger partial charge in [0.1, 0.15) is 11.4 Å². The third kappa shape index (κ3) is 6.27. The minimum absolute atomic E-state index is 0.0540. The summed E-state index contributed by atoms with van der Waals surface area (Å²) in [6.45, 7) is 11.5. The number of sulfone groups is 1. The topological polar surface area (TPSA) is 124 Å². The predicted octanol–water partition coefficient (Wildman–Crippen LogP) is 4.95. The summed E-state index contributed by atoms with van der Waals surface area (Å²) in [6.07, 6.45) is 0.638. The lowest BCUT2D eigenvalue weighted by molar-refractivity contribution is 0.0635. The number of nitrogens with two attached hydrogens (primary N) is 1. The van der Waals surface area contributed by atoms with Gasteiger partial charge in [0.2, 0.25) is 9.84 Å². The molecule has 0 spiro atoms. The fourth-order valence-electron chi connectivity index (χ4n) is 3.59. The van der Waals surface area contributed by atoms with Gasteiger partial charge in [-0.2, -0.15) is 0 Å². The Bertz CT molecular complexity index is 1310. The molecule has 0 radical (unpaired) electrons. The first-order chi connectivity index (χ1) is 16.6. The number of carbonyl (C=O) groups is 1. The quantitative estimate of drug-likeness (QED) is 0.481. The van der Waals surface area contributed by atoms with E-state index in [0.29, 0.717) is 0 Å². The maximum atomic E-state index is 13.9. The molecular weight excluding hydrogens is 476 g/mol. The van der Waals surface area contributed by atoms with E-state index in [-0.39, 0.29) is 28.4 Å². The molecule has 192 valence electrons. The molecule has 3 rings (SSSR count). The van der Waals surface area contributed by atoms with Crippen LogP contribution in [0.3, 0.4) is 0 Å². The molecule has 3 N–H and O–H groups in total. The molecule has 9 heteroatoms. The van der Waals surface area contributed by atoms with Crippen molar-refractivity contribution in [3.63, 3.8) is 0 Å². The van der Waals surface area contributed by atoms with Gasteiger partial charge in [-0.15, -0.1) is 0 Å². The van der Waals surface area contributed by atoms with Gasteiger partial charge >= 0.3 is 6.09 Å². The maximum Gasteiger partial charge on any atom is 0.413 e. The Kier molecular flexibility index (Phi) is 7.57. The maximum absolute atomic E-state index is 13.9. The second-order valence-electron chi connectivity index (χ2n) is 10.7. The first-order valence-electron chi connectivity index (χ1n) is 11.6. The summed E-state index contributed by atoms with van der Waals surface area (Å²) >= 11 is 0. The van der Waals surface area contributed by atoms with Crippen molar-refractivity contribution < 1.29 is 17.9 Å². The van der Waals surface area contributed by atoms with Gasteiger partial charge in [0.05, 0.1) is 5.69 Å². The van der Waals surface area contributed by atoms with Crippen LogP contribution < -0.4 is 11.1 Å². The Labute approximate surface area is 213 Å². The van der Waals surface area contributed by atoms with E-state index in [1.165, 1.54) is 18.3 Å². The number of benzene rings is 1. The Balaban J connectivity index is 2.06. The van der Waals surface area contributed by atoms with Crippen molar-refractivity contribution in [3.05, 3.63) is 83.7 Å². The first-order valence-corrected chi connectivity index (χ1v) is 13.1. The van der Waals surface area contributed by atoms with Crippen LogP contribution in [0.15, 0.2) is 71.9 Å². The largest absolute Gasteiger partial charge is 0.444 e. The number of rotatable bonds is 6. The van der Waals surface area contributed by atoms with Crippen molar-refractivity contribution in [2.24, 2.45) is 5.73 Å². The summed E-state index contributed by atoms with van der Waals surface area (Å²) in [7, 11) is -4.20. The molecule has 2 aromatic heterocycles. The number of nitrogens with one attached hydrogen (secondary N) is 1. The first kappa shape index (κ1) is 27.3. The van der Waals surface area contributed by atoms with Gasteiger partial charge in [0.25, 0.3) is 0 Å². The van der Waals surface area contributed by atoms with Crippen LogP contribution in [0.2, 0.25) is 0 Å². The molecule has 8 nitrogen and oxygen atoms in total. The lowest BCUT2D eigenvalue weighted by Gasteiger charge is -2.29. The molecule has 3 aromatic rings. The molecule has 0 saturated carbocycles. The summed E-state index contributed by atoms with van der Waals surface area (Å²) in [5, 5.41) is 2.39. The minimum Gasteiger partial charge on any atom is -0.444 e. The van der Waals surface area contributed by atoms with Crippen LogP contribution in [-0.4, -0.2) is 30.1 Å².